The number of anilines is 1. The first-order valence-corrected chi connectivity index (χ1v) is 11.1. The number of furan rings is 1. The van der Waals surface area contributed by atoms with Crippen molar-refractivity contribution in [3.63, 3.8) is 0 Å². The molecule has 0 aliphatic rings. The van der Waals surface area contributed by atoms with E-state index in [0.717, 1.165) is 24.0 Å². The molecule has 1 atom stereocenters. The van der Waals surface area contributed by atoms with Gasteiger partial charge >= 0.3 is 5.69 Å². The average molecular weight is 459 g/mol. The highest BCUT2D eigenvalue weighted by molar-refractivity contribution is 7.92. The third-order valence-corrected chi connectivity index (χ3v) is 6.01. The molecule has 0 fully saturated rings. The summed E-state index contributed by atoms with van der Waals surface area (Å²) in [5.41, 5.74) is -0.206. The molecular weight excluding hydrogens is 438 g/mol. The number of aromatic hydroxyl groups is 1. The van der Waals surface area contributed by atoms with Gasteiger partial charge in [-0.15, -0.1) is 0 Å². The molecule has 1 aromatic heterocycles. The highest BCUT2D eigenvalue weighted by Crippen LogP contribution is 2.29. The van der Waals surface area contributed by atoms with E-state index in [9.17, 15) is 28.4 Å². The number of phenolic OH excluding ortho intramolecular Hbond substituents is 1. The number of hydrogen-bond acceptors (Lipinski definition) is 7. The highest BCUT2D eigenvalue weighted by atomic mass is 32.2. The van der Waals surface area contributed by atoms with E-state index in [2.05, 4.69) is 10.0 Å². The number of aryl methyl sites for hydroxylation is 1. The number of nitro benzene ring substituents is 1. The van der Waals surface area contributed by atoms with Crippen LogP contribution in [0.4, 0.5) is 11.4 Å². The largest absolute Gasteiger partial charge is 0.502 e. The maximum absolute atomic E-state index is 12.5. The van der Waals surface area contributed by atoms with Crippen molar-refractivity contribution in [1.29, 1.82) is 0 Å². The van der Waals surface area contributed by atoms with Crippen LogP contribution in [0.25, 0.3) is 0 Å². The maximum Gasteiger partial charge on any atom is 0.312 e. The van der Waals surface area contributed by atoms with Gasteiger partial charge in [-0.05, 0) is 61.9 Å². The standard InChI is InChI=1S/C21H21N3O7S/c1-14(4-9-17-3-2-12-31-17)22-21(26)15-5-7-16(8-6-15)23-32(29,30)18-10-11-20(25)19(13-18)24(27)28/h2-3,5-8,10-14,23,25H,4,9H2,1H3,(H,22,26). The molecule has 3 aromatic rings. The van der Waals surface area contributed by atoms with Crippen molar-refractivity contribution >= 4 is 27.3 Å². The van der Waals surface area contributed by atoms with Crippen LogP contribution < -0.4 is 10.0 Å². The van der Waals surface area contributed by atoms with Gasteiger partial charge in [0.15, 0.2) is 5.75 Å². The Kier molecular flexibility index (Phi) is 6.79. The Bertz CT molecular complexity index is 1210. The first-order valence-electron chi connectivity index (χ1n) is 9.59. The van der Waals surface area contributed by atoms with Gasteiger partial charge in [-0.25, -0.2) is 8.42 Å². The van der Waals surface area contributed by atoms with Crippen molar-refractivity contribution in [3.05, 3.63) is 82.3 Å². The summed E-state index contributed by atoms with van der Waals surface area (Å²) in [6.07, 6.45) is 2.97. The third-order valence-electron chi connectivity index (χ3n) is 4.63. The molecule has 0 radical (unpaired) electrons. The zero-order valence-electron chi connectivity index (χ0n) is 17.0. The van der Waals surface area contributed by atoms with Crippen molar-refractivity contribution in [2.24, 2.45) is 0 Å². The van der Waals surface area contributed by atoms with E-state index in [1.165, 1.54) is 24.3 Å². The van der Waals surface area contributed by atoms with E-state index in [1.54, 1.807) is 12.3 Å². The second-order valence-electron chi connectivity index (χ2n) is 7.08. The lowest BCUT2D eigenvalue weighted by Crippen LogP contribution is -2.32. The summed E-state index contributed by atoms with van der Waals surface area (Å²) in [7, 11) is -4.14. The van der Waals surface area contributed by atoms with Gasteiger partial charge in [0, 0.05) is 29.8 Å². The normalized spacial score (nSPS) is 12.2. The van der Waals surface area contributed by atoms with Gasteiger partial charge in [-0.2, -0.15) is 0 Å². The maximum atomic E-state index is 12.5. The molecule has 10 nitrogen and oxygen atoms in total. The van der Waals surface area contributed by atoms with Gasteiger partial charge in [0.05, 0.1) is 16.1 Å². The van der Waals surface area contributed by atoms with Crippen LogP contribution >= 0.6 is 0 Å². The zero-order valence-corrected chi connectivity index (χ0v) is 17.8. The summed E-state index contributed by atoms with van der Waals surface area (Å²) >= 11 is 0. The minimum atomic E-state index is -4.14. The van der Waals surface area contributed by atoms with E-state index in [0.29, 0.717) is 18.4 Å². The summed E-state index contributed by atoms with van der Waals surface area (Å²) in [5.74, 6) is -0.107. The number of nitrogens with one attached hydrogen (secondary N) is 2. The van der Waals surface area contributed by atoms with Gasteiger partial charge < -0.3 is 14.8 Å². The zero-order chi connectivity index (χ0) is 23.3. The number of sulfonamides is 1. The number of nitro groups is 1. The predicted octanol–water partition coefficient (Wildman–Crippen LogP) is 3.45. The second-order valence-corrected chi connectivity index (χ2v) is 8.77. The lowest BCUT2D eigenvalue weighted by atomic mass is 10.1. The number of rotatable bonds is 9. The molecule has 0 spiro atoms. The van der Waals surface area contributed by atoms with Crippen LogP contribution in [-0.4, -0.2) is 30.4 Å². The Hall–Kier alpha value is -3.86. The minimum Gasteiger partial charge on any atom is -0.502 e. The highest BCUT2D eigenvalue weighted by Gasteiger charge is 2.21. The van der Waals surface area contributed by atoms with Crippen LogP contribution in [0, 0.1) is 10.1 Å². The molecule has 0 saturated carbocycles. The molecule has 0 aliphatic carbocycles. The Morgan fingerprint density at radius 1 is 1.19 bits per heavy atom. The predicted molar refractivity (Wildman–Crippen MR) is 116 cm³/mol. The Morgan fingerprint density at radius 2 is 1.91 bits per heavy atom. The fourth-order valence-electron chi connectivity index (χ4n) is 2.91. The molecule has 3 N–H and O–H groups in total. The summed E-state index contributed by atoms with van der Waals surface area (Å²) in [4.78, 5) is 22.1. The number of amides is 1. The molecule has 1 unspecified atom stereocenters. The van der Waals surface area contributed by atoms with Crippen LogP contribution in [0.15, 0.2) is 70.2 Å². The molecule has 32 heavy (non-hydrogen) atoms. The van der Waals surface area contributed by atoms with E-state index in [4.69, 9.17) is 4.42 Å². The monoisotopic (exact) mass is 459 g/mol. The molecule has 1 amide bonds. The fourth-order valence-corrected chi connectivity index (χ4v) is 3.99. The van der Waals surface area contributed by atoms with Gasteiger partial charge in [0.25, 0.3) is 15.9 Å². The molecule has 0 aliphatic heterocycles. The van der Waals surface area contributed by atoms with Crippen molar-refractivity contribution in [2.45, 2.75) is 30.7 Å². The third kappa shape index (κ3) is 5.64. The number of carbonyl (C=O) groups excluding carboxylic acids is 1. The van der Waals surface area contributed by atoms with E-state index < -0.39 is 26.4 Å². The number of phenols is 1. The Balaban J connectivity index is 1.63. The SMILES string of the molecule is CC(CCc1ccco1)NC(=O)c1ccc(NS(=O)(=O)c2ccc(O)c([N+](=O)[O-])c2)cc1. The molecule has 2 aromatic carbocycles. The van der Waals surface area contributed by atoms with Crippen LogP contribution in [0.3, 0.4) is 0 Å². The molecule has 168 valence electrons. The Morgan fingerprint density at radius 3 is 2.53 bits per heavy atom. The van der Waals surface area contributed by atoms with E-state index >= 15 is 0 Å². The Labute approximate surface area is 184 Å². The summed E-state index contributed by atoms with van der Waals surface area (Å²) < 4.78 is 32.6. The first-order chi connectivity index (χ1) is 15.2. The number of nitrogens with zero attached hydrogens (tertiary/aromatic N) is 1. The van der Waals surface area contributed by atoms with Crippen LogP contribution in [-0.2, 0) is 16.4 Å². The van der Waals surface area contributed by atoms with Gasteiger partial charge in [0.1, 0.15) is 5.76 Å². The van der Waals surface area contributed by atoms with Crippen molar-refractivity contribution in [3.8, 4) is 5.75 Å². The summed E-state index contributed by atoms with van der Waals surface area (Å²) in [5, 5.41) is 23.3. The van der Waals surface area contributed by atoms with Crippen LogP contribution in [0.1, 0.15) is 29.5 Å². The molecule has 1 heterocycles. The first kappa shape index (κ1) is 22.8. The number of hydrogen-bond donors (Lipinski definition) is 3. The summed E-state index contributed by atoms with van der Waals surface area (Å²) in [6, 6.07) is 12.1. The van der Waals surface area contributed by atoms with Crippen molar-refractivity contribution < 1.29 is 27.7 Å². The molecule has 0 bridgehead atoms. The van der Waals surface area contributed by atoms with E-state index in [-0.39, 0.29) is 22.5 Å². The second kappa shape index (κ2) is 9.52. The minimum absolute atomic E-state index is 0.101. The summed E-state index contributed by atoms with van der Waals surface area (Å²) in [6.45, 7) is 1.88. The molecule has 11 heteroatoms. The topological polar surface area (TPSA) is 152 Å². The van der Waals surface area contributed by atoms with E-state index in [1.807, 2.05) is 13.0 Å². The van der Waals surface area contributed by atoms with Crippen LogP contribution in [0.2, 0.25) is 0 Å². The lowest BCUT2D eigenvalue weighted by Gasteiger charge is -2.14. The fraction of sp³-hybridized carbons (Fsp3) is 0.190. The average Bonchev–Trinajstić information content (AvgIpc) is 3.26. The van der Waals surface area contributed by atoms with Crippen molar-refractivity contribution in [2.75, 3.05) is 4.72 Å². The smallest absolute Gasteiger partial charge is 0.312 e. The van der Waals surface area contributed by atoms with Gasteiger partial charge in [-0.3, -0.25) is 19.6 Å². The van der Waals surface area contributed by atoms with Gasteiger partial charge in [0.2, 0.25) is 0 Å². The molecule has 0 saturated heterocycles. The number of benzene rings is 2. The molecular formula is C21H21N3O7S. The van der Waals surface area contributed by atoms with Crippen molar-refractivity contribution in [1.82, 2.24) is 5.32 Å². The quantitative estimate of drug-likeness (QED) is 0.327. The lowest BCUT2D eigenvalue weighted by molar-refractivity contribution is -0.386. The van der Waals surface area contributed by atoms with Gasteiger partial charge in [-0.1, -0.05) is 0 Å². The van der Waals surface area contributed by atoms with Crippen LogP contribution in [0.5, 0.6) is 5.75 Å². The molecule has 3 rings (SSSR count). The number of carbonyl (C=O) groups is 1.